The van der Waals surface area contributed by atoms with E-state index in [-0.39, 0.29) is 12.5 Å². The highest BCUT2D eigenvalue weighted by molar-refractivity contribution is 6.30. The van der Waals surface area contributed by atoms with Gasteiger partial charge in [-0.15, -0.1) is 0 Å². The molecule has 2 rings (SSSR count). The molecule has 0 unspecified atom stereocenters. The molecule has 0 heterocycles. The number of rotatable bonds is 6. The molecule has 4 nitrogen and oxygen atoms in total. The number of hydrogen-bond acceptors (Lipinski definition) is 3. The number of carbonyl (C=O) groups excluding carboxylic acids is 1. The van der Waals surface area contributed by atoms with Gasteiger partial charge in [0.15, 0.2) is 0 Å². The van der Waals surface area contributed by atoms with E-state index in [0.29, 0.717) is 24.2 Å². The molecule has 1 aromatic carbocycles. The SMILES string of the molecule is O=C(CN(CCO)C1CCCC1)Nc1ccc(Cl)cc1. The van der Waals surface area contributed by atoms with Crippen molar-refractivity contribution in [3.63, 3.8) is 0 Å². The molecule has 1 fully saturated rings. The summed E-state index contributed by atoms with van der Waals surface area (Å²) in [6.07, 6.45) is 4.67. The lowest BCUT2D eigenvalue weighted by Crippen LogP contribution is -2.41. The molecule has 0 aromatic heterocycles. The number of halogens is 1. The molecule has 0 spiro atoms. The topological polar surface area (TPSA) is 52.6 Å². The van der Waals surface area contributed by atoms with Crippen LogP contribution in [0.5, 0.6) is 0 Å². The van der Waals surface area contributed by atoms with Crippen molar-refractivity contribution >= 4 is 23.2 Å². The van der Waals surface area contributed by atoms with Crippen LogP contribution < -0.4 is 5.32 Å². The molecule has 0 atom stereocenters. The summed E-state index contributed by atoms with van der Waals surface area (Å²) in [7, 11) is 0. The molecule has 1 saturated carbocycles. The van der Waals surface area contributed by atoms with E-state index in [0.717, 1.165) is 18.5 Å². The lowest BCUT2D eigenvalue weighted by atomic mass is 10.2. The molecule has 0 saturated heterocycles. The van der Waals surface area contributed by atoms with Crippen molar-refractivity contribution in [1.29, 1.82) is 0 Å². The molecule has 1 amide bonds. The molecule has 0 bridgehead atoms. The predicted molar refractivity (Wildman–Crippen MR) is 81.0 cm³/mol. The van der Waals surface area contributed by atoms with E-state index in [1.54, 1.807) is 24.3 Å². The Bertz CT molecular complexity index is 430. The summed E-state index contributed by atoms with van der Waals surface area (Å²) in [5.41, 5.74) is 0.745. The second-order valence-corrected chi connectivity index (χ2v) is 5.62. The summed E-state index contributed by atoms with van der Waals surface area (Å²) in [6, 6.07) is 7.50. The summed E-state index contributed by atoms with van der Waals surface area (Å²) in [4.78, 5) is 14.2. The maximum Gasteiger partial charge on any atom is 0.238 e. The lowest BCUT2D eigenvalue weighted by Gasteiger charge is -2.27. The number of nitrogens with zero attached hydrogens (tertiary/aromatic N) is 1. The first-order valence-electron chi connectivity index (χ1n) is 7.09. The van der Waals surface area contributed by atoms with Crippen LogP contribution in [0.3, 0.4) is 0 Å². The third-order valence-corrected chi connectivity index (χ3v) is 3.95. The van der Waals surface area contributed by atoms with Crippen molar-refractivity contribution < 1.29 is 9.90 Å². The highest BCUT2D eigenvalue weighted by Crippen LogP contribution is 2.23. The molecule has 1 aromatic rings. The van der Waals surface area contributed by atoms with E-state index >= 15 is 0 Å². The fourth-order valence-electron chi connectivity index (χ4n) is 2.71. The standard InChI is InChI=1S/C15H21ClN2O2/c16-12-5-7-13(8-6-12)17-15(20)11-18(9-10-19)14-3-1-2-4-14/h5-8,14,19H,1-4,9-11H2,(H,17,20). The van der Waals surface area contributed by atoms with Crippen molar-refractivity contribution in [2.45, 2.75) is 31.7 Å². The van der Waals surface area contributed by atoms with Crippen molar-refractivity contribution in [3.05, 3.63) is 29.3 Å². The molecular weight excluding hydrogens is 276 g/mol. The number of anilines is 1. The lowest BCUT2D eigenvalue weighted by molar-refractivity contribution is -0.118. The van der Waals surface area contributed by atoms with Crippen LogP contribution in [0.25, 0.3) is 0 Å². The van der Waals surface area contributed by atoms with Crippen LogP contribution in [0.15, 0.2) is 24.3 Å². The summed E-state index contributed by atoms with van der Waals surface area (Å²) in [6.45, 7) is 0.970. The van der Waals surface area contributed by atoms with Crippen molar-refractivity contribution in [2.24, 2.45) is 0 Å². The van der Waals surface area contributed by atoms with E-state index < -0.39 is 0 Å². The molecule has 20 heavy (non-hydrogen) atoms. The number of hydrogen-bond donors (Lipinski definition) is 2. The van der Waals surface area contributed by atoms with Gasteiger partial charge in [0.05, 0.1) is 13.2 Å². The van der Waals surface area contributed by atoms with Gasteiger partial charge in [-0.05, 0) is 37.1 Å². The van der Waals surface area contributed by atoms with Crippen LogP contribution in [0.2, 0.25) is 5.02 Å². The van der Waals surface area contributed by atoms with Crippen LogP contribution in [0, 0.1) is 0 Å². The minimum Gasteiger partial charge on any atom is -0.395 e. The minimum absolute atomic E-state index is 0.0485. The van der Waals surface area contributed by atoms with Gasteiger partial charge in [0.25, 0.3) is 0 Å². The minimum atomic E-state index is -0.0485. The Morgan fingerprint density at radius 1 is 1.30 bits per heavy atom. The van der Waals surface area contributed by atoms with Gasteiger partial charge in [-0.1, -0.05) is 24.4 Å². The third kappa shape index (κ3) is 4.47. The van der Waals surface area contributed by atoms with Crippen molar-refractivity contribution in [3.8, 4) is 0 Å². The zero-order valence-corrected chi connectivity index (χ0v) is 12.3. The number of aliphatic hydroxyl groups is 1. The molecule has 1 aliphatic carbocycles. The first-order chi connectivity index (χ1) is 9.69. The second-order valence-electron chi connectivity index (χ2n) is 5.19. The Labute approximate surface area is 124 Å². The van der Waals surface area contributed by atoms with Gasteiger partial charge in [0.2, 0.25) is 5.91 Å². The maximum absolute atomic E-state index is 12.1. The van der Waals surface area contributed by atoms with Crippen LogP contribution in [-0.4, -0.2) is 41.7 Å². The number of aliphatic hydroxyl groups excluding tert-OH is 1. The Morgan fingerprint density at radius 3 is 2.55 bits per heavy atom. The van der Waals surface area contributed by atoms with Crippen LogP contribution in [0.1, 0.15) is 25.7 Å². The van der Waals surface area contributed by atoms with Gasteiger partial charge in [0, 0.05) is 23.3 Å². The normalized spacial score (nSPS) is 15.8. The summed E-state index contributed by atoms with van der Waals surface area (Å²) in [5.74, 6) is -0.0485. The molecular formula is C15H21ClN2O2. The van der Waals surface area contributed by atoms with Crippen LogP contribution >= 0.6 is 11.6 Å². The number of amides is 1. The fourth-order valence-corrected chi connectivity index (χ4v) is 2.83. The average Bonchev–Trinajstić information content (AvgIpc) is 2.95. The molecule has 110 valence electrons. The molecule has 1 aliphatic rings. The quantitative estimate of drug-likeness (QED) is 0.848. The maximum atomic E-state index is 12.1. The second kappa shape index (κ2) is 7.62. The summed E-state index contributed by atoms with van der Waals surface area (Å²) >= 11 is 5.81. The first kappa shape index (κ1) is 15.3. The summed E-state index contributed by atoms with van der Waals surface area (Å²) in [5, 5.41) is 12.7. The van der Waals surface area contributed by atoms with Crippen LogP contribution in [-0.2, 0) is 4.79 Å². The Morgan fingerprint density at radius 2 is 1.95 bits per heavy atom. The van der Waals surface area contributed by atoms with Gasteiger partial charge >= 0.3 is 0 Å². The van der Waals surface area contributed by atoms with Gasteiger partial charge in [0.1, 0.15) is 0 Å². The molecule has 0 aliphatic heterocycles. The monoisotopic (exact) mass is 296 g/mol. The molecule has 2 N–H and O–H groups in total. The molecule has 0 radical (unpaired) electrons. The number of benzene rings is 1. The molecule has 5 heteroatoms. The van der Waals surface area contributed by atoms with Crippen molar-refractivity contribution in [2.75, 3.05) is 25.0 Å². The highest BCUT2D eigenvalue weighted by atomic mass is 35.5. The highest BCUT2D eigenvalue weighted by Gasteiger charge is 2.23. The Hall–Kier alpha value is -1.10. The van der Waals surface area contributed by atoms with E-state index in [1.807, 2.05) is 0 Å². The average molecular weight is 297 g/mol. The van der Waals surface area contributed by atoms with E-state index in [1.165, 1.54) is 12.8 Å². The largest absolute Gasteiger partial charge is 0.395 e. The van der Waals surface area contributed by atoms with E-state index in [2.05, 4.69) is 10.2 Å². The zero-order chi connectivity index (χ0) is 14.4. The zero-order valence-electron chi connectivity index (χ0n) is 11.5. The van der Waals surface area contributed by atoms with Gasteiger partial charge in [-0.2, -0.15) is 0 Å². The Balaban J connectivity index is 1.88. The van der Waals surface area contributed by atoms with E-state index in [4.69, 9.17) is 16.7 Å². The fraction of sp³-hybridized carbons (Fsp3) is 0.533. The number of nitrogens with one attached hydrogen (secondary N) is 1. The summed E-state index contributed by atoms with van der Waals surface area (Å²) < 4.78 is 0. The van der Waals surface area contributed by atoms with Gasteiger partial charge in [-0.25, -0.2) is 0 Å². The van der Waals surface area contributed by atoms with Crippen LogP contribution in [0.4, 0.5) is 5.69 Å². The van der Waals surface area contributed by atoms with Gasteiger partial charge < -0.3 is 10.4 Å². The smallest absolute Gasteiger partial charge is 0.238 e. The predicted octanol–water partition coefficient (Wildman–Crippen LogP) is 2.52. The Kier molecular flexibility index (Phi) is 5.83. The van der Waals surface area contributed by atoms with E-state index in [9.17, 15) is 4.79 Å². The first-order valence-corrected chi connectivity index (χ1v) is 7.47. The number of carbonyl (C=O) groups is 1. The third-order valence-electron chi connectivity index (χ3n) is 3.70. The van der Waals surface area contributed by atoms with Gasteiger partial charge in [-0.3, -0.25) is 9.69 Å². The van der Waals surface area contributed by atoms with Crippen molar-refractivity contribution in [1.82, 2.24) is 4.90 Å².